The predicted molar refractivity (Wildman–Crippen MR) is 127 cm³/mol. The van der Waals surface area contributed by atoms with Crippen LogP contribution in [0.1, 0.15) is 41.1 Å². The van der Waals surface area contributed by atoms with Gasteiger partial charge in [0, 0.05) is 31.1 Å². The SMILES string of the molecule is NC(=O)N1CCCN(c2nc(/C=C/c3ccccc3)nc3sc4c(c23)CCCC4)CC1. The fourth-order valence-corrected chi connectivity index (χ4v) is 5.81. The minimum Gasteiger partial charge on any atom is -0.354 e. The molecule has 2 aliphatic rings. The molecule has 7 heteroatoms. The van der Waals surface area contributed by atoms with E-state index in [4.69, 9.17) is 15.7 Å². The Morgan fingerprint density at radius 2 is 1.81 bits per heavy atom. The van der Waals surface area contributed by atoms with Gasteiger partial charge in [0.1, 0.15) is 10.6 Å². The molecule has 5 rings (SSSR count). The van der Waals surface area contributed by atoms with Gasteiger partial charge in [-0.3, -0.25) is 0 Å². The van der Waals surface area contributed by atoms with Gasteiger partial charge in [-0.1, -0.05) is 36.4 Å². The summed E-state index contributed by atoms with van der Waals surface area (Å²) in [4.78, 5) is 28.3. The second-order valence-corrected chi connectivity index (χ2v) is 9.29. The molecular formula is C24H27N5OS. The summed E-state index contributed by atoms with van der Waals surface area (Å²) in [6.45, 7) is 2.93. The third-order valence-corrected chi connectivity index (χ3v) is 7.33. The highest BCUT2D eigenvalue weighted by Gasteiger charge is 2.25. The van der Waals surface area contributed by atoms with Gasteiger partial charge in [0.15, 0.2) is 5.82 Å². The van der Waals surface area contributed by atoms with E-state index in [1.54, 1.807) is 4.90 Å². The van der Waals surface area contributed by atoms with Crippen LogP contribution in [-0.2, 0) is 12.8 Å². The van der Waals surface area contributed by atoms with Crippen molar-refractivity contribution in [3.8, 4) is 0 Å². The first-order chi connectivity index (χ1) is 15.2. The number of aromatic nitrogens is 2. The number of hydrogen-bond acceptors (Lipinski definition) is 5. The summed E-state index contributed by atoms with van der Waals surface area (Å²) in [6, 6.07) is 9.89. The summed E-state index contributed by atoms with van der Waals surface area (Å²) in [5.74, 6) is 1.75. The highest BCUT2D eigenvalue weighted by Crippen LogP contribution is 2.40. The molecule has 0 bridgehead atoms. The van der Waals surface area contributed by atoms with Crippen LogP contribution in [0, 0.1) is 0 Å². The van der Waals surface area contributed by atoms with Crippen molar-refractivity contribution in [3.05, 3.63) is 52.2 Å². The number of primary amides is 1. The summed E-state index contributed by atoms with van der Waals surface area (Å²) in [5, 5.41) is 1.23. The molecule has 0 unspecified atom stereocenters. The van der Waals surface area contributed by atoms with Crippen molar-refractivity contribution >= 4 is 45.6 Å². The van der Waals surface area contributed by atoms with Crippen molar-refractivity contribution in [1.29, 1.82) is 0 Å². The minimum absolute atomic E-state index is 0.339. The number of aryl methyl sites for hydroxylation is 2. The molecule has 160 valence electrons. The molecule has 3 heterocycles. The molecule has 31 heavy (non-hydrogen) atoms. The molecule has 3 aromatic rings. The quantitative estimate of drug-likeness (QED) is 0.667. The number of nitrogens with two attached hydrogens (primary N) is 1. The lowest BCUT2D eigenvalue weighted by Crippen LogP contribution is -2.38. The standard InChI is InChI=1S/C24H27N5OS/c25-24(30)29-14-6-13-28(15-16-29)22-21-18-9-4-5-10-19(18)31-23(21)27-20(26-22)12-11-17-7-2-1-3-8-17/h1-3,7-8,11-12H,4-6,9-10,13-16H2,(H2,25,30)/b12-11+. The topological polar surface area (TPSA) is 75.4 Å². The predicted octanol–water partition coefficient (Wildman–Crippen LogP) is 4.33. The van der Waals surface area contributed by atoms with Crippen molar-refractivity contribution in [1.82, 2.24) is 14.9 Å². The largest absolute Gasteiger partial charge is 0.354 e. The lowest BCUT2D eigenvalue weighted by molar-refractivity contribution is 0.211. The highest BCUT2D eigenvalue weighted by atomic mass is 32.1. The van der Waals surface area contributed by atoms with E-state index >= 15 is 0 Å². The van der Waals surface area contributed by atoms with Gasteiger partial charge in [-0.15, -0.1) is 11.3 Å². The van der Waals surface area contributed by atoms with Crippen molar-refractivity contribution in [2.45, 2.75) is 32.1 Å². The number of hydrogen-bond donors (Lipinski definition) is 1. The summed E-state index contributed by atoms with van der Waals surface area (Å²) in [6.07, 6.45) is 9.67. The lowest BCUT2D eigenvalue weighted by Gasteiger charge is -2.24. The Morgan fingerprint density at radius 3 is 2.65 bits per heavy atom. The number of anilines is 1. The van der Waals surface area contributed by atoms with E-state index in [0.29, 0.717) is 13.1 Å². The molecule has 1 aliphatic heterocycles. The molecule has 0 atom stereocenters. The van der Waals surface area contributed by atoms with E-state index < -0.39 is 0 Å². The molecule has 0 saturated carbocycles. The van der Waals surface area contributed by atoms with E-state index in [1.165, 1.54) is 28.7 Å². The van der Waals surface area contributed by atoms with Crippen LogP contribution in [0.15, 0.2) is 30.3 Å². The average Bonchev–Trinajstić information content (AvgIpc) is 2.98. The van der Waals surface area contributed by atoms with Crippen LogP contribution >= 0.6 is 11.3 Å². The molecule has 2 amide bonds. The zero-order chi connectivity index (χ0) is 21.2. The summed E-state index contributed by atoms with van der Waals surface area (Å²) >= 11 is 1.83. The maximum atomic E-state index is 11.7. The van der Waals surface area contributed by atoms with E-state index in [-0.39, 0.29) is 6.03 Å². The second-order valence-electron chi connectivity index (χ2n) is 8.21. The fourth-order valence-electron chi connectivity index (χ4n) is 4.54. The Labute approximate surface area is 186 Å². The number of rotatable bonds is 3. The Balaban J connectivity index is 1.56. The molecule has 2 N–H and O–H groups in total. The van der Waals surface area contributed by atoms with Gasteiger partial charge >= 0.3 is 6.03 Å². The van der Waals surface area contributed by atoms with Crippen LogP contribution in [0.5, 0.6) is 0 Å². The van der Waals surface area contributed by atoms with E-state index in [0.717, 1.165) is 54.4 Å². The van der Waals surface area contributed by atoms with Crippen molar-refractivity contribution in [2.24, 2.45) is 5.73 Å². The average molecular weight is 434 g/mol. The van der Waals surface area contributed by atoms with Crippen LogP contribution in [0.2, 0.25) is 0 Å². The van der Waals surface area contributed by atoms with Crippen molar-refractivity contribution in [2.75, 3.05) is 31.1 Å². The molecule has 2 aromatic heterocycles. The van der Waals surface area contributed by atoms with E-state index in [9.17, 15) is 4.79 Å². The maximum Gasteiger partial charge on any atom is 0.314 e. The summed E-state index contributed by atoms with van der Waals surface area (Å²) in [7, 11) is 0. The molecular weight excluding hydrogens is 406 g/mol. The molecule has 0 spiro atoms. The number of amides is 2. The lowest BCUT2D eigenvalue weighted by atomic mass is 9.97. The van der Waals surface area contributed by atoms with Crippen LogP contribution in [-0.4, -0.2) is 47.1 Å². The first kappa shape index (κ1) is 20.0. The van der Waals surface area contributed by atoms with Gasteiger partial charge in [0.2, 0.25) is 0 Å². The summed E-state index contributed by atoms with van der Waals surface area (Å²) < 4.78 is 0. The Hall–Kier alpha value is -2.93. The van der Waals surface area contributed by atoms with Gasteiger partial charge in [0.25, 0.3) is 0 Å². The Morgan fingerprint density at radius 1 is 0.968 bits per heavy atom. The zero-order valence-corrected chi connectivity index (χ0v) is 18.4. The van der Waals surface area contributed by atoms with E-state index in [2.05, 4.69) is 23.1 Å². The number of benzene rings is 1. The number of carbonyl (C=O) groups is 1. The van der Waals surface area contributed by atoms with Gasteiger partial charge < -0.3 is 15.5 Å². The van der Waals surface area contributed by atoms with E-state index in [1.807, 2.05) is 35.6 Å². The molecule has 1 aromatic carbocycles. The molecule has 1 aliphatic carbocycles. The number of nitrogens with zero attached hydrogens (tertiary/aromatic N) is 4. The zero-order valence-electron chi connectivity index (χ0n) is 17.6. The number of carbonyl (C=O) groups excluding carboxylic acids is 1. The fraction of sp³-hybridized carbons (Fsp3) is 0.375. The minimum atomic E-state index is -0.339. The van der Waals surface area contributed by atoms with Crippen LogP contribution < -0.4 is 10.6 Å². The first-order valence-electron chi connectivity index (χ1n) is 11.0. The third kappa shape index (κ3) is 4.14. The second kappa shape index (κ2) is 8.67. The normalized spacial score (nSPS) is 17.2. The molecule has 1 fully saturated rings. The molecule has 6 nitrogen and oxygen atoms in total. The van der Waals surface area contributed by atoms with Gasteiger partial charge in [-0.2, -0.15) is 0 Å². The van der Waals surface area contributed by atoms with Gasteiger partial charge in [-0.05, 0) is 49.3 Å². The third-order valence-electron chi connectivity index (χ3n) is 6.14. The van der Waals surface area contributed by atoms with Gasteiger partial charge in [0.05, 0.1) is 5.39 Å². The van der Waals surface area contributed by atoms with Crippen LogP contribution in [0.25, 0.3) is 22.4 Å². The summed E-state index contributed by atoms with van der Waals surface area (Å²) in [5.41, 5.74) is 8.11. The van der Waals surface area contributed by atoms with Crippen molar-refractivity contribution < 1.29 is 4.79 Å². The monoisotopic (exact) mass is 433 g/mol. The van der Waals surface area contributed by atoms with Crippen LogP contribution in [0.4, 0.5) is 10.6 Å². The number of urea groups is 1. The van der Waals surface area contributed by atoms with Crippen LogP contribution in [0.3, 0.4) is 0 Å². The molecule has 0 radical (unpaired) electrons. The highest BCUT2D eigenvalue weighted by molar-refractivity contribution is 7.19. The maximum absolute atomic E-state index is 11.7. The molecule has 1 saturated heterocycles. The number of fused-ring (bicyclic) bond motifs is 3. The smallest absolute Gasteiger partial charge is 0.314 e. The Bertz CT molecular complexity index is 1120. The number of thiophene rings is 1. The van der Waals surface area contributed by atoms with Crippen molar-refractivity contribution in [3.63, 3.8) is 0 Å². The Kier molecular flexibility index (Phi) is 5.59. The first-order valence-corrected chi connectivity index (χ1v) is 11.9. The van der Waals surface area contributed by atoms with Gasteiger partial charge in [-0.25, -0.2) is 14.8 Å².